The molecule has 0 aliphatic rings. The Hall–Kier alpha value is -2.13. The molecule has 3 rings (SSSR count). The Bertz CT molecular complexity index is 894. The van der Waals surface area contributed by atoms with E-state index >= 15 is 0 Å². The van der Waals surface area contributed by atoms with Crippen molar-refractivity contribution in [2.24, 2.45) is 0 Å². The summed E-state index contributed by atoms with van der Waals surface area (Å²) in [4.78, 5) is 0. The highest BCUT2D eigenvalue weighted by Gasteiger charge is 2.10. The van der Waals surface area contributed by atoms with Gasteiger partial charge in [0, 0.05) is 17.0 Å². The summed E-state index contributed by atoms with van der Waals surface area (Å²) in [6, 6.07) is 13.7. The lowest BCUT2D eigenvalue weighted by Crippen LogP contribution is -1.92. The number of rotatable bonds is 3. The highest BCUT2D eigenvalue weighted by molar-refractivity contribution is 7.71. The molecule has 0 fully saturated rings. The van der Waals surface area contributed by atoms with Gasteiger partial charge in [-0.25, -0.2) is 0 Å². The zero-order valence-corrected chi connectivity index (χ0v) is 13.5. The van der Waals surface area contributed by atoms with Crippen molar-refractivity contribution < 1.29 is 9.52 Å². The van der Waals surface area contributed by atoms with E-state index in [1.165, 1.54) is 11.1 Å². The quantitative estimate of drug-likeness (QED) is 0.634. The SMILES string of the molecule is CCc1ccc(-c2cc3ccc(O)cc3oc2=S)c(CC)c1. The van der Waals surface area contributed by atoms with E-state index in [1.54, 1.807) is 12.1 Å². The van der Waals surface area contributed by atoms with Crippen molar-refractivity contribution in [3.8, 4) is 16.9 Å². The molecule has 1 N–H and O–H groups in total. The first-order valence-corrected chi connectivity index (χ1v) is 7.92. The van der Waals surface area contributed by atoms with Gasteiger partial charge < -0.3 is 9.52 Å². The molecule has 0 saturated carbocycles. The first kappa shape index (κ1) is 14.8. The number of hydrogen-bond donors (Lipinski definition) is 1. The van der Waals surface area contributed by atoms with Crippen LogP contribution in [0.2, 0.25) is 0 Å². The van der Waals surface area contributed by atoms with Gasteiger partial charge in [0.2, 0.25) is 0 Å². The molecule has 0 atom stereocenters. The van der Waals surface area contributed by atoms with Crippen LogP contribution < -0.4 is 0 Å². The van der Waals surface area contributed by atoms with E-state index in [0.717, 1.165) is 29.4 Å². The fourth-order valence-corrected chi connectivity index (χ4v) is 2.97. The average Bonchev–Trinajstić information content (AvgIpc) is 2.53. The first-order valence-electron chi connectivity index (χ1n) is 7.51. The smallest absolute Gasteiger partial charge is 0.198 e. The van der Waals surface area contributed by atoms with Crippen molar-refractivity contribution in [2.75, 3.05) is 0 Å². The van der Waals surface area contributed by atoms with Crippen LogP contribution in [-0.4, -0.2) is 5.11 Å². The summed E-state index contributed by atoms with van der Waals surface area (Å²) in [6.45, 7) is 4.31. The second-order valence-electron chi connectivity index (χ2n) is 5.37. The number of phenols is 1. The van der Waals surface area contributed by atoms with Crippen LogP contribution in [-0.2, 0) is 12.8 Å². The van der Waals surface area contributed by atoms with Crippen LogP contribution in [0.1, 0.15) is 25.0 Å². The van der Waals surface area contributed by atoms with Gasteiger partial charge in [0.05, 0.1) is 0 Å². The molecule has 3 aromatic rings. The number of aryl methyl sites for hydroxylation is 2. The Morgan fingerprint density at radius 3 is 2.50 bits per heavy atom. The molecule has 0 aliphatic carbocycles. The fraction of sp³-hybridized carbons (Fsp3) is 0.211. The lowest BCUT2D eigenvalue weighted by atomic mass is 9.96. The van der Waals surface area contributed by atoms with Crippen molar-refractivity contribution in [3.05, 3.63) is 58.3 Å². The predicted molar refractivity (Wildman–Crippen MR) is 92.9 cm³/mol. The minimum atomic E-state index is 0.181. The fourth-order valence-electron chi connectivity index (χ4n) is 2.71. The molecule has 0 radical (unpaired) electrons. The van der Waals surface area contributed by atoms with E-state index in [9.17, 15) is 5.11 Å². The standard InChI is InChI=1S/C19H18O2S/c1-3-12-5-8-16(13(4-2)9-12)17-10-14-6-7-15(20)11-18(14)21-19(17)22/h5-11,20H,3-4H2,1-2H3. The van der Waals surface area contributed by atoms with Crippen LogP contribution in [0.15, 0.2) is 46.9 Å². The van der Waals surface area contributed by atoms with Crippen molar-refractivity contribution in [1.82, 2.24) is 0 Å². The minimum absolute atomic E-state index is 0.181. The minimum Gasteiger partial charge on any atom is -0.508 e. The van der Waals surface area contributed by atoms with Crippen molar-refractivity contribution in [3.63, 3.8) is 0 Å². The van der Waals surface area contributed by atoms with Gasteiger partial charge in [-0.15, -0.1) is 0 Å². The molecule has 0 amide bonds. The van der Waals surface area contributed by atoms with Gasteiger partial charge in [0.1, 0.15) is 11.3 Å². The van der Waals surface area contributed by atoms with Gasteiger partial charge in [-0.05, 0) is 59.9 Å². The van der Waals surface area contributed by atoms with Gasteiger partial charge in [-0.2, -0.15) is 0 Å². The molecule has 0 aliphatic heterocycles. The highest BCUT2D eigenvalue weighted by Crippen LogP contribution is 2.31. The maximum atomic E-state index is 9.55. The summed E-state index contributed by atoms with van der Waals surface area (Å²) in [6.07, 6.45) is 1.97. The monoisotopic (exact) mass is 310 g/mol. The summed E-state index contributed by atoms with van der Waals surface area (Å²) in [5.41, 5.74) is 5.28. The van der Waals surface area contributed by atoms with Crippen molar-refractivity contribution in [2.45, 2.75) is 26.7 Å². The molecule has 22 heavy (non-hydrogen) atoms. The van der Waals surface area contributed by atoms with Crippen LogP contribution in [0.25, 0.3) is 22.1 Å². The third kappa shape index (κ3) is 2.64. The highest BCUT2D eigenvalue weighted by atomic mass is 32.1. The van der Waals surface area contributed by atoms with E-state index < -0.39 is 0 Å². The maximum Gasteiger partial charge on any atom is 0.198 e. The van der Waals surface area contributed by atoms with E-state index in [-0.39, 0.29) is 5.75 Å². The molecule has 3 heteroatoms. The van der Waals surface area contributed by atoms with Crippen LogP contribution in [0.3, 0.4) is 0 Å². The van der Waals surface area contributed by atoms with Gasteiger partial charge in [0.25, 0.3) is 0 Å². The zero-order chi connectivity index (χ0) is 15.7. The summed E-state index contributed by atoms with van der Waals surface area (Å²) >= 11 is 5.43. The third-order valence-electron chi connectivity index (χ3n) is 3.97. The molecule has 2 nitrogen and oxygen atoms in total. The number of phenolic OH excluding ortho intramolecular Hbond substituents is 1. The Labute approximate surface area is 135 Å². The number of hydrogen-bond acceptors (Lipinski definition) is 3. The van der Waals surface area contributed by atoms with E-state index in [1.807, 2.05) is 12.1 Å². The molecule has 1 aromatic heterocycles. The van der Waals surface area contributed by atoms with Crippen molar-refractivity contribution >= 4 is 23.2 Å². The average molecular weight is 310 g/mol. The Kier molecular flexibility index (Phi) is 3.99. The van der Waals surface area contributed by atoms with Crippen LogP contribution in [0, 0.1) is 4.71 Å². The number of aromatic hydroxyl groups is 1. The predicted octanol–water partition coefficient (Wildman–Crippen LogP) is 5.66. The van der Waals surface area contributed by atoms with Crippen molar-refractivity contribution in [1.29, 1.82) is 0 Å². The Morgan fingerprint density at radius 2 is 1.77 bits per heavy atom. The summed E-state index contributed by atoms with van der Waals surface area (Å²) in [5.74, 6) is 0.181. The second-order valence-corrected chi connectivity index (χ2v) is 5.74. The molecule has 0 bridgehead atoms. The van der Waals surface area contributed by atoms with Gasteiger partial charge in [-0.1, -0.05) is 32.0 Å². The number of fused-ring (bicyclic) bond motifs is 1. The Morgan fingerprint density at radius 1 is 0.955 bits per heavy atom. The zero-order valence-electron chi connectivity index (χ0n) is 12.7. The van der Waals surface area contributed by atoms with E-state index in [0.29, 0.717) is 10.3 Å². The molecule has 1 heterocycles. The van der Waals surface area contributed by atoms with E-state index in [2.05, 4.69) is 32.0 Å². The molecule has 0 spiro atoms. The van der Waals surface area contributed by atoms with Crippen LogP contribution >= 0.6 is 12.2 Å². The normalized spacial score (nSPS) is 11.0. The third-order valence-corrected chi connectivity index (χ3v) is 4.27. The lowest BCUT2D eigenvalue weighted by Gasteiger charge is -2.11. The first-order chi connectivity index (χ1) is 10.6. The summed E-state index contributed by atoms with van der Waals surface area (Å²) in [5, 5.41) is 10.5. The molecule has 0 unspecified atom stereocenters. The largest absolute Gasteiger partial charge is 0.508 e. The van der Waals surface area contributed by atoms with Crippen LogP contribution in [0.4, 0.5) is 0 Å². The molecular formula is C19H18O2S. The number of benzene rings is 2. The van der Waals surface area contributed by atoms with Gasteiger partial charge >= 0.3 is 0 Å². The summed E-state index contributed by atoms with van der Waals surface area (Å²) in [7, 11) is 0. The van der Waals surface area contributed by atoms with Gasteiger partial charge in [-0.3, -0.25) is 0 Å². The van der Waals surface area contributed by atoms with E-state index in [4.69, 9.17) is 16.6 Å². The van der Waals surface area contributed by atoms with Crippen LogP contribution in [0.5, 0.6) is 5.75 Å². The molecule has 0 saturated heterocycles. The summed E-state index contributed by atoms with van der Waals surface area (Å²) < 4.78 is 6.19. The Balaban J connectivity index is 2.24. The topological polar surface area (TPSA) is 33.4 Å². The molecule has 2 aromatic carbocycles. The molecule has 112 valence electrons. The van der Waals surface area contributed by atoms with Gasteiger partial charge in [0.15, 0.2) is 4.71 Å². The lowest BCUT2D eigenvalue weighted by molar-refractivity contribution is 0.474. The second kappa shape index (κ2) is 5.93. The maximum absolute atomic E-state index is 9.55. The molecular weight excluding hydrogens is 292 g/mol.